The first-order valence-electron chi connectivity index (χ1n) is 4.61. The van der Waals surface area contributed by atoms with Crippen molar-refractivity contribution in [2.24, 2.45) is 0 Å². The van der Waals surface area contributed by atoms with Crippen LogP contribution in [0, 0.1) is 0 Å². The summed E-state index contributed by atoms with van der Waals surface area (Å²) in [5.74, 6) is 0. The van der Waals surface area contributed by atoms with Crippen molar-refractivity contribution in [1.82, 2.24) is 10.3 Å². The molecule has 0 bridgehead atoms. The predicted molar refractivity (Wildman–Crippen MR) is 56.4 cm³/mol. The first-order valence-corrected chi connectivity index (χ1v) is 4.61. The van der Waals surface area contributed by atoms with Gasteiger partial charge in [0.15, 0.2) is 0 Å². The molecule has 1 aromatic rings. The van der Waals surface area contributed by atoms with E-state index in [1.54, 1.807) is 0 Å². The topological polar surface area (TPSA) is 24.9 Å². The van der Waals surface area contributed by atoms with Gasteiger partial charge < -0.3 is 5.32 Å². The van der Waals surface area contributed by atoms with E-state index < -0.39 is 0 Å². The van der Waals surface area contributed by atoms with Gasteiger partial charge >= 0.3 is 0 Å². The summed E-state index contributed by atoms with van der Waals surface area (Å²) in [5, 5.41) is 3.16. The Labute approximate surface area is 79.7 Å². The molecule has 1 N–H and O–H groups in total. The Morgan fingerprint density at radius 1 is 1.46 bits per heavy atom. The Morgan fingerprint density at radius 3 is 2.69 bits per heavy atom. The maximum atomic E-state index is 3.98. The molecule has 1 rings (SSSR count). The first-order chi connectivity index (χ1) is 6.36. The maximum absolute atomic E-state index is 3.98. The summed E-state index contributed by atoms with van der Waals surface area (Å²) >= 11 is 0. The van der Waals surface area contributed by atoms with E-state index in [1.807, 2.05) is 31.6 Å². The lowest BCUT2D eigenvalue weighted by molar-refractivity contribution is 0.851. The van der Waals surface area contributed by atoms with Crippen molar-refractivity contribution >= 4 is 6.08 Å². The van der Waals surface area contributed by atoms with Crippen molar-refractivity contribution in [1.29, 1.82) is 0 Å². The molecule has 0 atom stereocenters. The number of hydrogen-bond donors (Lipinski definition) is 1. The molecule has 0 unspecified atom stereocenters. The number of likely N-dealkylation sites (N-methyl/N-ethyl adjacent to an activating group) is 1. The third-order valence-electron chi connectivity index (χ3n) is 1.93. The molecule has 0 amide bonds. The van der Waals surface area contributed by atoms with Crippen molar-refractivity contribution in [3.8, 4) is 0 Å². The summed E-state index contributed by atoms with van der Waals surface area (Å²) in [6.07, 6.45) is 6.93. The van der Waals surface area contributed by atoms with Crippen molar-refractivity contribution in [3.05, 3.63) is 35.7 Å². The fourth-order valence-corrected chi connectivity index (χ4v) is 1.20. The van der Waals surface area contributed by atoms with Crippen molar-refractivity contribution in [3.63, 3.8) is 0 Å². The standard InChI is InChI=1S/C11H16N2/c1-3-10(9-12-2)8-11-4-6-13-7-5-11/h4-8,12H,3,9H2,1-2H3. The second-order valence-corrected chi connectivity index (χ2v) is 2.97. The fourth-order valence-electron chi connectivity index (χ4n) is 1.20. The minimum Gasteiger partial charge on any atom is -0.316 e. The Balaban J connectivity index is 2.73. The molecule has 13 heavy (non-hydrogen) atoms. The van der Waals surface area contributed by atoms with Crippen LogP contribution in [0.15, 0.2) is 30.1 Å². The average molecular weight is 176 g/mol. The Hall–Kier alpha value is -1.15. The Bertz CT molecular complexity index is 265. The number of rotatable bonds is 4. The Morgan fingerprint density at radius 2 is 2.15 bits per heavy atom. The third-order valence-corrected chi connectivity index (χ3v) is 1.93. The van der Waals surface area contributed by atoms with E-state index in [2.05, 4.69) is 23.3 Å². The molecule has 0 radical (unpaired) electrons. The minimum absolute atomic E-state index is 0.957. The number of aromatic nitrogens is 1. The summed E-state index contributed by atoms with van der Waals surface area (Å²) in [7, 11) is 1.97. The minimum atomic E-state index is 0.957. The van der Waals surface area contributed by atoms with Crippen molar-refractivity contribution in [2.75, 3.05) is 13.6 Å². The molecule has 0 saturated heterocycles. The van der Waals surface area contributed by atoms with E-state index >= 15 is 0 Å². The van der Waals surface area contributed by atoms with Crippen LogP contribution in [-0.2, 0) is 0 Å². The molecule has 0 aliphatic rings. The van der Waals surface area contributed by atoms with Gasteiger partial charge in [-0.2, -0.15) is 0 Å². The third kappa shape index (κ3) is 3.38. The van der Waals surface area contributed by atoms with Crippen LogP contribution < -0.4 is 5.32 Å². The van der Waals surface area contributed by atoms with Gasteiger partial charge in [-0.15, -0.1) is 0 Å². The van der Waals surface area contributed by atoms with Gasteiger partial charge in [-0.25, -0.2) is 0 Å². The second-order valence-electron chi connectivity index (χ2n) is 2.97. The van der Waals surface area contributed by atoms with Crippen LogP contribution in [0.2, 0.25) is 0 Å². The van der Waals surface area contributed by atoms with E-state index in [9.17, 15) is 0 Å². The highest BCUT2D eigenvalue weighted by molar-refractivity contribution is 5.52. The number of hydrogen-bond acceptors (Lipinski definition) is 2. The molecule has 0 aromatic carbocycles. The molecular formula is C11H16N2. The molecule has 1 aromatic heterocycles. The quantitative estimate of drug-likeness (QED) is 0.760. The zero-order valence-electron chi connectivity index (χ0n) is 8.25. The molecule has 0 aliphatic carbocycles. The van der Waals surface area contributed by atoms with Crippen LogP contribution >= 0.6 is 0 Å². The van der Waals surface area contributed by atoms with Crippen molar-refractivity contribution < 1.29 is 0 Å². The van der Waals surface area contributed by atoms with Crippen LogP contribution in [0.4, 0.5) is 0 Å². The van der Waals surface area contributed by atoms with Gasteiger partial charge in [-0.05, 0) is 31.2 Å². The normalized spacial score (nSPS) is 11.7. The van der Waals surface area contributed by atoms with Crippen LogP contribution in [0.3, 0.4) is 0 Å². The molecule has 0 spiro atoms. The largest absolute Gasteiger partial charge is 0.316 e. The molecule has 1 heterocycles. The van der Waals surface area contributed by atoms with E-state index in [0.29, 0.717) is 0 Å². The lowest BCUT2D eigenvalue weighted by Gasteiger charge is -2.02. The van der Waals surface area contributed by atoms with Crippen LogP contribution in [-0.4, -0.2) is 18.6 Å². The molecule has 70 valence electrons. The molecule has 0 aliphatic heterocycles. The highest BCUT2D eigenvalue weighted by Crippen LogP contribution is 2.07. The average Bonchev–Trinajstić information content (AvgIpc) is 2.19. The van der Waals surface area contributed by atoms with Gasteiger partial charge in [-0.3, -0.25) is 4.98 Å². The van der Waals surface area contributed by atoms with E-state index in [1.165, 1.54) is 11.1 Å². The monoisotopic (exact) mass is 176 g/mol. The zero-order valence-corrected chi connectivity index (χ0v) is 8.25. The summed E-state index contributed by atoms with van der Waals surface area (Å²) in [4.78, 5) is 3.98. The number of nitrogens with one attached hydrogen (secondary N) is 1. The van der Waals surface area contributed by atoms with Crippen LogP contribution in [0.25, 0.3) is 6.08 Å². The van der Waals surface area contributed by atoms with Gasteiger partial charge in [0.2, 0.25) is 0 Å². The molecule has 0 saturated carbocycles. The maximum Gasteiger partial charge on any atom is 0.0273 e. The summed E-state index contributed by atoms with van der Waals surface area (Å²) in [6.45, 7) is 3.13. The van der Waals surface area contributed by atoms with E-state index in [4.69, 9.17) is 0 Å². The van der Waals surface area contributed by atoms with Gasteiger partial charge in [0, 0.05) is 18.9 Å². The molecule has 2 nitrogen and oxygen atoms in total. The second kappa shape index (κ2) is 5.49. The van der Waals surface area contributed by atoms with Crippen LogP contribution in [0.1, 0.15) is 18.9 Å². The first kappa shape index (κ1) is 9.93. The summed E-state index contributed by atoms with van der Waals surface area (Å²) in [5.41, 5.74) is 2.64. The number of nitrogens with zero attached hydrogens (tertiary/aromatic N) is 1. The highest BCUT2D eigenvalue weighted by atomic mass is 14.8. The smallest absolute Gasteiger partial charge is 0.0273 e. The lowest BCUT2D eigenvalue weighted by atomic mass is 10.1. The molecular weight excluding hydrogens is 160 g/mol. The highest BCUT2D eigenvalue weighted by Gasteiger charge is 1.92. The van der Waals surface area contributed by atoms with Gasteiger partial charge in [0.05, 0.1) is 0 Å². The van der Waals surface area contributed by atoms with Gasteiger partial charge in [-0.1, -0.05) is 18.6 Å². The van der Waals surface area contributed by atoms with Gasteiger partial charge in [0.25, 0.3) is 0 Å². The van der Waals surface area contributed by atoms with E-state index in [-0.39, 0.29) is 0 Å². The SMILES string of the molecule is CCC(=Cc1ccncc1)CNC. The molecule has 0 fully saturated rings. The van der Waals surface area contributed by atoms with Crippen LogP contribution in [0.5, 0.6) is 0 Å². The lowest BCUT2D eigenvalue weighted by Crippen LogP contribution is -2.09. The predicted octanol–water partition coefficient (Wildman–Crippen LogP) is 2.09. The fraction of sp³-hybridized carbons (Fsp3) is 0.364. The van der Waals surface area contributed by atoms with Crippen molar-refractivity contribution in [2.45, 2.75) is 13.3 Å². The summed E-state index contributed by atoms with van der Waals surface area (Å²) < 4.78 is 0. The number of pyridine rings is 1. The van der Waals surface area contributed by atoms with E-state index in [0.717, 1.165) is 13.0 Å². The Kier molecular flexibility index (Phi) is 4.19. The van der Waals surface area contributed by atoms with Gasteiger partial charge in [0.1, 0.15) is 0 Å². The zero-order chi connectivity index (χ0) is 9.52. The molecule has 2 heteroatoms. The summed E-state index contributed by atoms with van der Waals surface area (Å²) in [6, 6.07) is 4.04.